The Labute approximate surface area is 164 Å². The smallest absolute Gasteiger partial charge is 0.338 e. The van der Waals surface area contributed by atoms with E-state index in [9.17, 15) is 18.0 Å². The zero-order valence-corrected chi connectivity index (χ0v) is 16.5. The number of hydrogen-bond acceptors (Lipinski definition) is 7. The summed E-state index contributed by atoms with van der Waals surface area (Å²) in [6, 6.07) is 7.19. The first kappa shape index (κ1) is 21.7. The summed E-state index contributed by atoms with van der Waals surface area (Å²) in [6.45, 7) is 1.56. The van der Waals surface area contributed by atoms with Crippen LogP contribution in [0.15, 0.2) is 29.2 Å². The Balaban J connectivity index is 2.11. The van der Waals surface area contributed by atoms with Gasteiger partial charge >= 0.3 is 5.97 Å². The summed E-state index contributed by atoms with van der Waals surface area (Å²) >= 11 is 0. The second kappa shape index (κ2) is 9.57. The molecular weight excluding hydrogens is 382 g/mol. The van der Waals surface area contributed by atoms with Gasteiger partial charge in [0.25, 0.3) is 0 Å². The summed E-state index contributed by atoms with van der Waals surface area (Å²) in [5, 5.41) is 16.3. The molecule has 1 heterocycles. The lowest BCUT2D eigenvalue weighted by molar-refractivity contribution is -0.122. The van der Waals surface area contributed by atoms with Crippen LogP contribution in [0, 0.1) is 22.7 Å². The minimum absolute atomic E-state index is 0.000383. The highest BCUT2D eigenvalue weighted by atomic mass is 32.2. The molecule has 0 radical (unpaired) electrons. The van der Waals surface area contributed by atoms with E-state index in [-0.39, 0.29) is 16.2 Å². The van der Waals surface area contributed by atoms with E-state index in [2.05, 4.69) is 0 Å². The fourth-order valence-electron chi connectivity index (χ4n) is 2.93. The Kier molecular flexibility index (Phi) is 7.43. The maximum atomic E-state index is 12.8. The number of hydrogen-bond donors (Lipinski definition) is 1. The number of carbonyl (C=O) groups excluding carboxylic acids is 2. The first-order valence-corrected chi connectivity index (χ1v) is 10.5. The van der Waals surface area contributed by atoms with Crippen LogP contribution in [0.5, 0.6) is 0 Å². The van der Waals surface area contributed by atoms with Crippen LogP contribution in [0.4, 0.5) is 0 Å². The van der Waals surface area contributed by atoms with Crippen molar-refractivity contribution in [3.05, 3.63) is 29.8 Å². The molecule has 8 nitrogen and oxygen atoms in total. The highest BCUT2D eigenvalue weighted by Crippen LogP contribution is 2.21. The average molecular weight is 405 g/mol. The van der Waals surface area contributed by atoms with Crippen molar-refractivity contribution in [2.24, 2.45) is 5.92 Å². The number of rotatable bonds is 7. The molecule has 1 saturated heterocycles. The molecule has 1 aromatic carbocycles. The number of sulfonamides is 1. The van der Waals surface area contributed by atoms with Crippen LogP contribution in [-0.4, -0.2) is 49.9 Å². The summed E-state index contributed by atoms with van der Waals surface area (Å²) in [6.07, 6.45) is 3.59. The number of nitriles is 1. The van der Waals surface area contributed by atoms with Gasteiger partial charge in [0.15, 0.2) is 12.4 Å². The second-order valence-corrected chi connectivity index (χ2v) is 8.57. The Morgan fingerprint density at radius 1 is 1.25 bits per heavy atom. The van der Waals surface area contributed by atoms with E-state index in [1.165, 1.54) is 35.5 Å². The van der Waals surface area contributed by atoms with Crippen molar-refractivity contribution in [1.29, 1.82) is 10.7 Å². The lowest BCUT2D eigenvalue weighted by atomic mass is 10.0. The number of esters is 1. The first-order valence-electron chi connectivity index (χ1n) is 9.02. The van der Waals surface area contributed by atoms with Crippen LogP contribution in [-0.2, 0) is 19.6 Å². The van der Waals surface area contributed by atoms with E-state index in [0.717, 1.165) is 25.7 Å². The Hall–Kier alpha value is -2.57. The predicted molar refractivity (Wildman–Crippen MR) is 101 cm³/mol. The summed E-state index contributed by atoms with van der Waals surface area (Å²) in [4.78, 5) is 24.1. The molecule has 0 spiro atoms. The number of ketones is 1. The number of nitrogens with zero attached hydrogens (tertiary/aromatic N) is 2. The van der Waals surface area contributed by atoms with Crippen LogP contribution in [0.25, 0.3) is 0 Å². The molecule has 0 bridgehead atoms. The molecular formula is C19H23N3O5S. The van der Waals surface area contributed by atoms with E-state index >= 15 is 0 Å². The highest BCUT2D eigenvalue weighted by Gasteiger charge is 2.26. The number of Topliss-reactive ketones (excluding diaryl/α,β-unsaturated/α-hetero) is 1. The van der Waals surface area contributed by atoms with Gasteiger partial charge in [0.2, 0.25) is 10.0 Å². The van der Waals surface area contributed by atoms with Gasteiger partial charge in [-0.25, -0.2) is 13.2 Å². The third-order valence-electron chi connectivity index (χ3n) is 4.50. The lowest BCUT2D eigenvalue weighted by Crippen LogP contribution is -2.32. The zero-order chi connectivity index (χ0) is 20.7. The Morgan fingerprint density at radius 2 is 1.89 bits per heavy atom. The summed E-state index contributed by atoms with van der Waals surface area (Å²) in [5.74, 6) is -2.82. The van der Waals surface area contributed by atoms with Crippen molar-refractivity contribution in [2.45, 2.75) is 37.5 Å². The van der Waals surface area contributed by atoms with Gasteiger partial charge in [-0.3, -0.25) is 4.79 Å². The molecule has 9 heteroatoms. The van der Waals surface area contributed by atoms with Gasteiger partial charge < -0.3 is 10.1 Å². The minimum Gasteiger partial charge on any atom is -0.454 e. The predicted octanol–water partition coefficient (Wildman–Crippen LogP) is 2.16. The summed E-state index contributed by atoms with van der Waals surface area (Å²) in [7, 11) is -3.71. The summed E-state index contributed by atoms with van der Waals surface area (Å²) < 4.78 is 32.0. The standard InChI is InChI=1S/C19H23N3O5S/c1-14(21)17(12-20)18(23)13-27-19(24)15-7-6-8-16(11-15)28(25,26)22-9-4-2-3-5-10-22/h6-8,11,17,21H,2-5,9-10,13H2,1H3. The molecule has 0 aromatic heterocycles. The van der Waals surface area contributed by atoms with Gasteiger partial charge in [-0.15, -0.1) is 0 Å². The van der Waals surface area contributed by atoms with Crippen molar-refractivity contribution in [1.82, 2.24) is 4.31 Å². The third-order valence-corrected chi connectivity index (χ3v) is 6.40. The molecule has 1 atom stereocenters. The Morgan fingerprint density at radius 3 is 2.46 bits per heavy atom. The van der Waals surface area contributed by atoms with Crippen molar-refractivity contribution in [3.63, 3.8) is 0 Å². The number of nitrogens with one attached hydrogen (secondary N) is 1. The van der Waals surface area contributed by atoms with Gasteiger partial charge in [0.1, 0.15) is 5.92 Å². The molecule has 0 saturated carbocycles. The monoisotopic (exact) mass is 405 g/mol. The van der Waals surface area contributed by atoms with Crippen LogP contribution in [0.3, 0.4) is 0 Å². The molecule has 0 aliphatic carbocycles. The molecule has 1 aromatic rings. The zero-order valence-electron chi connectivity index (χ0n) is 15.7. The molecule has 1 unspecified atom stereocenters. The molecule has 28 heavy (non-hydrogen) atoms. The number of ether oxygens (including phenoxy) is 1. The molecule has 150 valence electrons. The fraction of sp³-hybridized carbons (Fsp3) is 0.474. The maximum absolute atomic E-state index is 12.8. The normalized spacial score (nSPS) is 16.4. The van der Waals surface area contributed by atoms with Crippen LogP contribution >= 0.6 is 0 Å². The fourth-order valence-corrected chi connectivity index (χ4v) is 4.49. The third kappa shape index (κ3) is 5.24. The van der Waals surface area contributed by atoms with Crippen LogP contribution < -0.4 is 0 Å². The van der Waals surface area contributed by atoms with Crippen LogP contribution in [0.1, 0.15) is 43.0 Å². The quantitative estimate of drug-likeness (QED) is 0.547. The minimum atomic E-state index is -3.71. The molecule has 0 amide bonds. The molecule has 1 aliphatic rings. The lowest BCUT2D eigenvalue weighted by Gasteiger charge is -2.20. The van der Waals surface area contributed by atoms with E-state index < -0.39 is 34.3 Å². The first-order chi connectivity index (χ1) is 13.3. The van der Waals surface area contributed by atoms with E-state index in [0.29, 0.717) is 13.1 Å². The number of benzene rings is 1. The van der Waals surface area contributed by atoms with Gasteiger partial charge in [-0.2, -0.15) is 9.57 Å². The van der Waals surface area contributed by atoms with Crippen molar-refractivity contribution in [3.8, 4) is 6.07 Å². The van der Waals surface area contributed by atoms with E-state index in [4.69, 9.17) is 15.4 Å². The molecule has 1 N–H and O–H groups in total. The second-order valence-electron chi connectivity index (χ2n) is 6.63. The largest absolute Gasteiger partial charge is 0.454 e. The average Bonchev–Trinajstić information content (AvgIpc) is 2.96. The molecule has 1 fully saturated rings. The summed E-state index contributed by atoms with van der Waals surface area (Å²) in [5.41, 5.74) is -0.127. The van der Waals surface area contributed by atoms with Gasteiger partial charge in [-0.05, 0) is 38.0 Å². The van der Waals surface area contributed by atoms with Crippen molar-refractivity contribution >= 4 is 27.5 Å². The maximum Gasteiger partial charge on any atom is 0.338 e. The van der Waals surface area contributed by atoms with Gasteiger partial charge in [-0.1, -0.05) is 18.9 Å². The molecule has 2 rings (SSSR count). The Bertz CT molecular complexity index is 896. The number of carbonyl (C=O) groups is 2. The van der Waals surface area contributed by atoms with Crippen molar-refractivity contribution in [2.75, 3.05) is 19.7 Å². The van der Waals surface area contributed by atoms with E-state index in [1.54, 1.807) is 6.07 Å². The van der Waals surface area contributed by atoms with Gasteiger partial charge in [0, 0.05) is 18.8 Å². The van der Waals surface area contributed by atoms with Crippen molar-refractivity contribution < 1.29 is 22.7 Å². The topological polar surface area (TPSA) is 128 Å². The molecule has 1 aliphatic heterocycles. The van der Waals surface area contributed by atoms with E-state index in [1.807, 2.05) is 0 Å². The highest BCUT2D eigenvalue weighted by molar-refractivity contribution is 7.89. The van der Waals surface area contributed by atoms with Gasteiger partial charge in [0.05, 0.1) is 16.5 Å². The van der Waals surface area contributed by atoms with Crippen LogP contribution in [0.2, 0.25) is 0 Å². The SMILES string of the molecule is CC(=N)C(C#N)C(=O)COC(=O)c1cccc(S(=O)(=O)N2CCCCCC2)c1.